The molecule has 0 heterocycles. The van der Waals surface area contributed by atoms with Gasteiger partial charge in [-0.2, -0.15) is 16.6 Å². The maximum absolute atomic E-state index is 13.3. The fourth-order valence-corrected chi connectivity index (χ4v) is 7.02. The normalized spacial score (nSPS) is 14.4. The lowest BCUT2D eigenvalue weighted by molar-refractivity contribution is -0.262. The first-order valence-corrected chi connectivity index (χ1v) is 19.0. The first-order valence-electron chi connectivity index (χ1n) is 16.4. The van der Waals surface area contributed by atoms with E-state index in [1.54, 1.807) is 0 Å². The smallest absolute Gasteiger partial charge is 0.301 e. The molecule has 0 aliphatic carbocycles. The van der Waals surface area contributed by atoms with Gasteiger partial charge in [0, 0.05) is 5.25 Å². The van der Waals surface area contributed by atoms with E-state index in [4.69, 9.17) is 18.8 Å². The van der Waals surface area contributed by atoms with Crippen molar-refractivity contribution in [2.75, 3.05) is 12.4 Å². The van der Waals surface area contributed by atoms with E-state index in [0.29, 0.717) is 6.42 Å². The predicted octanol–water partition coefficient (Wildman–Crippen LogP) is 11.7. The van der Waals surface area contributed by atoms with Crippen LogP contribution in [0.25, 0.3) is 0 Å². The fourth-order valence-electron chi connectivity index (χ4n) is 4.54. The molecule has 1 aromatic rings. The Kier molecular flexibility index (Phi) is 23.9. The number of carbonyl (C=O) groups is 1. The van der Waals surface area contributed by atoms with Gasteiger partial charge in [0.1, 0.15) is 6.10 Å². The molecule has 3 atom stereocenters. The van der Waals surface area contributed by atoms with Crippen LogP contribution < -0.4 is 0 Å². The summed E-state index contributed by atoms with van der Waals surface area (Å²) in [7, 11) is -4.15. The molecule has 6 nitrogen and oxygen atoms in total. The minimum absolute atomic E-state index is 0.0123. The zero-order valence-corrected chi connectivity index (χ0v) is 28.2. The Morgan fingerprint density at radius 3 is 1.90 bits per heavy atom. The molecule has 41 heavy (non-hydrogen) atoms. The van der Waals surface area contributed by atoms with Gasteiger partial charge in [0.05, 0.1) is 13.2 Å². The van der Waals surface area contributed by atoms with Gasteiger partial charge in [-0.05, 0) is 37.5 Å². The van der Waals surface area contributed by atoms with Crippen LogP contribution in [0.2, 0.25) is 0 Å². The number of hydrogen-bond acceptors (Lipinski definition) is 7. The number of thioether (sulfide) groups is 1. The standard InChI is InChI=1S/C33H59O6PS/c1-5-8-10-12-13-14-15-16-18-23-28-41-32(26-22-17-11-9-6-2)30(4)38-39-33(34)40(35,36-27-7-3)37-29-31-24-20-19-21-25-31/h19-21,24-25,30,32H,5-18,22-23,26-29H2,1-4H3. The number of rotatable bonds is 28. The topological polar surface area (TPSA) is 71.1 Å². The molecule has 0 saturated carbocycles. The van der Waals surface area contributed by atoms with Crippen LogP contribution in [0.15, 0.2) is 30.3 Å². The Morgan fingerprint density at radius 1 is 0.756 bits per heavy atom. The first kappa shape index (κ1) is 38.2. The van der Waals surface area contributed by atoms with E-state index in [2.05, 4.69) is 13.8 Å². The molecule has 8 heteroatoms. The molecular weight excluding hydrogens is 555 g/mol. The number of benzene rings is 1. The minimum Gasteiger partial charge on any atom is -0.301 e. The lowest BCUT2D eigenvalue weighted by Crippen LogP contribution is -2.25. The van der Waals surface area contributed by atoms with Gasteiger partial charge in [-0.25, -0.2) is 9.36 Å². The Hall–Kier alpha value is -0.850. The van der Waals surface area contributed by atoms with Gasteiger partial charge in [0.15, 0.2) is 0 Å². The highest BCUT2D eigenvalue weighted by atomic mass is 32.2. The van der Waals surface area contributed by atoms with Crippen LogP contribution in [0.3, 0.4) is 0 Å². The molecule has 1 aromatic carbocycles. The quantitative estimate of drug-likeness (QED) is 0.0402. The summed E-state index contributed by atoms with van der Waals surface area (Å²) in [5.74, 6) is 1.07. The SMILES string of the molecule is CCCCCCCCCCCCSC(CCCCCCC)C(C)OOC(=O)P(=O)(OCCC)OCc1ccccc1. The third-order valence-electron chi connectivity index (χ3n) is 7.15. The van der Waals surface area contributed by atoms with Crippen molar-refractivity contribution in [2.24, 2.45) is 0 Å². The third kappa shape index (κ3) is 19.1. The van der Waals surface area contributed by atoms with Crippen LogP contribution in [0.4, 0.5) is 4.79 Å². The lowest BCUT2D eigenvalue weighted by Gasteiger charge is -2.23. The zero-order chi connectivity index (χ0) is 30.0. The van der Waals surface area contributed by atoms with Crippen molar-refractivity contribution in [3.05, 3.63) is 35.9 Å². The molecule has 0 saturated heterocycles. The number of unbranched alkanes of at least 4 members (excludes halogenated alkanes) is 13. The third-order valence-corrected chi connectivity index (χ3v) is 10.2. The molecule has 0 aliphatic heterocycles. The number of carbonyl (C=O) groups excluding carboxylic acids is 1. The van der Waals surface area contributed by atoms with Crippen LogP contribution in [0.1, 0.15) is 142 Å². The van der Waals surface area contributed by atoms with Crippen molar-refractivity contribution < 1.29 is 28.2 Å². The molecule has 238 valence electrons. The molecule has 1 rings (SSSR count). The fraction of sp³-hybridized carbons (Fsp3) is 0.788. The summed E-state index contributed by atoms with van der Waals surface area (Å²) in [5.41, 5.74) is -0.295. The summed E-state index contributed by atoms with van der Waals surface area (Å²) in [6.45, 7) is 8.41. The highest BCUT2D eigenvalue weighted by Crippen LogP contribution is 2.51. The Bertz CT molecular complexity index is 793. The van der Waals surface area contributed by atoms with Gasteiger partial charge in [-0.3, -0.25) is 9.41 Å². The van der Waals surface area contributed by atoms with E-state index < -0.39 is 13.3 Å². The summed E-state index contributed by atoms with van der Waals surface area (Å²) >= 11 is 1.90. The number of hydrogen-bond donors (Lipinski definition) is 0. The van der Waals surface area contributed by atoms with Crippen LogP contribution in [0, 0.1) is 0 Å². The predicted molar refractivity (Wildman–Crippen MR) is 174 cm³/mol. The summed E-state index contributed by atoms with van der Waals surface area (Å²) in [6.07, 6.45) is 20.6. The maximum Gasteiger partial charge on any atom is 0.452 e. The second-order valence-electron chi connectivity index (χ2n) is 11.0. The highest BCUT2D eigenvalue weighted by molar-refractivity contribution is 7.99. The van der Waals surface area contributed by atoms with Crippen molar-refractivity contribution in [2.45, 2.75) is 155 Å². The Labute approximate surface area is 255 Å². The molecule has 0 bridgehead atoms. The van der Waals surface area contributed by atoms with Crippen molar-refractivity contribution >= 4 is 25.1 Å². The van der Waals surface area contributed by atoms with E-state index in [0.717, 1.165) is 24.2 Å². The van der Waals surface area contributed by atoms with E-state index in [-0.39, 0.29) is 24.6 Å². The van der Waals surface area contributed by atoms with Gasteiger partial charge in [-0.15, -0.1) is 0 Å². The second kappa shape index (κ2) is 25.6. The van der Waals surface area contributed by atoms with Crippen LogP contribution in [-0.2, 0) is 30.0 Å². The Morgan fingerprint density at radius 2 is 1.32 bits per heavy atom. The van der Waals surface area contributed by atoms with Gasteiger partial charge in [0.2, 0.25) is 0 Å². The van der Waals surface area contributed by atoms with Gasteiger partial charge in [-0.1, -0.05) is 141 Å². The van der Waals surface area contributed by atoms with Crippen molar-refractivity contribution in [3.8, 4) is 0 Å². The van der Waals surface area contributed by atoms with Gasteiger partial charge >= 0.3 is 13.3 Å². The van der Waals surface area contributed by atoms with Gasteiger partial charge < -0.3 is 4.52 Å². The van der Waals surface area contributed by atoms with Crippen molar-refractivity contribution in [1.82, 2.24) is 0 Å². The van der Waals surface area contributed by atoms with E-state index >= 15 is 0 Å². The average Bonchev–Trinajstić information content (AvgIpc) is 2.99. The average molecular weight is 615 g/mol. The maximum atomic E-state index is 13.3. The molecule has 0 fully saturated rings. The summed E-state index contributed by atoms with van der Waals surface area (Å²) < 4.78 is 24.1. The Balaban J connectivity index is 2.53. The van der Waals surface area contributed by atoms with Crippen LogP contribution in [-0.4, -0.2) is 29.4 Å². The zero-order valence-electron chi connectivity index (χ0n) is 26.5. The van der Waals surface area contributed by atoms with Crippen LogP contribution in [0.5, 0.6) is 0 Å². The molecule has 0 aliphatic rings. The molecule has 0 aromatic heterocycles. The molecule has 0 radical (unpaired) electrons. The molecular formula is C33H59O6PS. The van der Waals surface area contributed by atoms with Crippen molar-refractivity contribution in [3.63, 3.8) is 0 Å². The van der Waals surface area contributed by atoms with E-state index in [9.17, 15) is 9.36 Å². The lowest BCUT2D eigenvalue weighted by atomic mass is 10.1. The second-order valence-corrected chi connectivity index (χ2v) is 14.3. The molecule has 0 spiro atoms. The van der Waals surface area contributed by atoms with Crippen molar-refractivity contribution in [1.29, 1.82) is 0 Å². The monoisotopic (exact) mass is 614 g/mol. The van der Waals surface area contributed by atoms with E-state index in [1.165, 1.54) is 89.9 Å². The molecule has 3 unspecified atom stereocenters. The summed E-state index contributed by atoms with van der Waals surface area (Å²) in [5, 5.41) is 0.198. The van der Waals surface area contributed by atoms with Crippen LogP contribution >= 0.6 is 19.4 Å². The van der Waals surface area contributed by atoms with E-state index in [1.807, 2.05) is 55.9 Å². The summed E-state index contributed by atoms with van der Waals surface area (Å²) in [4.78, 5) is 23.5. The largest absolute Gasteiger partial charge is 0.452 e. The highest BCUT2D eigenvalue weighted by Gasteiger charge is 2.39. The van der Waals surface area contributed by atoms with Gasteiger partial charge in [0.25, 0.3) is 0 Å². The molecule has 0 amide bonds. The minimum atomic E-state index is -4.15. The molecule has 0 N–H and O–H groups in total. The first-order chi connectivity index (χ1) is 20.0. The summed E-state index contributed by atoms with van der Waals surface area (Å²) in [6, 6.07) is 9.27.